The third kappa shape index (κ3) is 0.533. The van der Waals surface area contributed by atoms with Gasteiger partial charge in [0.05, 0.1) is 0 Å². The molecule has 2 nitrogen and oxygen atoms in total. The first-order valence-corrected chi connectivity index (χ1v) is 2.20. The summed E-state index contributed by atoms with van der Waals surface area (Å²) in [7, 11) is 0. The topological polar surface area (TPSA) is 49.8 Å². The van der Waals surface area contributed by atoms with Crippen LogP contribution in [0.15, 0.2) is 0 Å². The molecule has 1 radical (unpaired) electrons. The van der Waals surface area contributed by atoms with Crippen molar-refractivity contribution in [3.05, 3.63) is 0 Å². The lowest BCUT2D eigenvalue weighted by atomic mass is 10.3. The van der Waals surface area contributed by atoms with E-state index >= 15 is 0 Å². The minimum Gasteiger partial charge on any atom is -0.324 e. The van der Waals surface area contributed by atoms with Crippen molar-refractivity contribution in [1.29, 1.82) is 0 Å². The van der Waals surface area contributed by atoms with Crippen LogP contribution in [-0.2, 0) is 0 Å². The average molecular weight is 85.1 g/mol. The minimum absolute atomic E-state index is 0.0417. The lowest BCUT2D eigenvalue weighted by Gasteiger charge is -1.97. The van der Waals surface area contributed by atoms with E-state index in [1.165, 1.54) is 0 Å². The highest BCUT2D eigenvalue weighted by atomic mass is 14.9. The maximum absolute atomic E-state index is 6.79. The van der Waals surface area contributed by atoms with Crippen molar-refractivity contribution in [3.8, 4) is 0 Å². The Morgan fingerprint density at radius 3 is 2.17 bits per heavy atom. The molecule has 0 heterocycles. The first kappa shape index (κ1) is 4.09. The van der Waals surface area contributed by atoms with Gasteiger partial charge in [0.1, 0.15) is 0 Å². The highest BCUT2D eigenvalue weighted by Crippen LogP contribution is 2.30. The van der Waals surface area contributed by atoms with Crippen LogP contribution in [0, 0.1) is 0 Å². The van der Waals surface area contributed by atoms with E-state index in [-0.39, 0.29) is 5.54 Å². The molecule has 0 amide bonds. The van der Waals surface area contributed by atoms with Crippen LogP contribution < -0.4 is 11.5 Å². The van der Waals surface area contributed by atoms with Crippen LogP contribution >= 0.6 is 0 Å². The van der Waals surface area contributed by atoms with Gasteiger partial charge in [-0.1, -0.05) is 0 Å². The summed E-state index contributed by atoms with van der Waals surface area (Å²) in [5, 5.41) is 0. The largest absolute Gasteiger partial charge is 0.324 e. The van der Waals surface area contributed by atoms with E-state index < -0.39 is 0 Å². The second-order valence-electron chi connectivity index (χ2n) is 2.04. The van der Waals surface area contributed by atoms with E-state index in [1.807, 2.05) is 0 Å². The van der Waals surface area contributed by atoms with Gasteiger partial charge in [-0.3, -0.25) is 5.73 Å². The molecule has 0 spiro atoms. The molecule has 1 fully saturated rings. The maximum atomic E-state index is 6.79. The molecule has 0 aliphatic heterocycles. The Balaban J connectivity index is 2.28. The molecule has 2 heteroatoms. The summed E-state index contributed by atoms with van der Waals surface area (Å²) in [6, 6.07) is 0. The molecule has 6 heavy (non-hydrogen) atoms. The van der Waals surface area contributed by atoms with Crippen LogP contribution in [0.2, 0.25) is 0 Å². The van der Waals surface area contributed by atoms with Gasteiger partial charge in [-0.25, -0.2) is 0 Å². The Morgan fingerprint density at radius 1 is 1.67 bits per heavy atom. The Kier molecular flexibility index (Phi) is 0.648. The van der Waals surface area contributed by atoms with Crippen LogP contribution in [0.1, 0.15) is 12.8 Å². The van der Waals surface area contributed by atoms with Crippen molar-refractivity contribution in [2.75, 3.05) is 6.54 Å². The quantitative estimate of drug-likeness (QED) is 0.469. The van der Waals surface area contributed by atoms with Crippen LogP contribution in [0.4, 0.5) is 0 Å². The second-order valence-corrected chi connectivity index (χ2v) is 2.04. The van der Waals surface area contributed by atoms with Crippen LogP contribution in [-0.4, -0.2) is 12.1 Å². The average Bonchev–Trinajstić information content (AvgIpc) is 2.22. The third-order valence-electron chi connectivity index (χ3n) is 1.24. The Hall–Kier alpha value is -0.0800. The van der Waals surface area contributed by atoms with Gasteiger partial charge in [0.25, 0.3) is 0 Å². The van der Waals surface area contributed by atoms with Crippen molar-refractivity contribution in [3.63, 3.8) is 0 Å². The molecule has 0 unspecified atom stereocenters. The Bertz CT molecular complexity index is 56.6. The smallest absolute Gasteiger partial charge is 0.0296 e. The molecule has 0 saturated heterocycles. The van der Waals surface area contributed by atoms with Gasteiger partial charge in [-0.05, 0) is 12.8 Å². The zero-order valence-corrected chi connectivity index (χ0v) is 3.70. The normalized spacial score (nSPS) is 27.0. The SMILES string of the molecule is [NH]CC1(N)CC1. The van der Waals surface area contributed by atoms with Crippen LogP contribution in [0.5, 0.6) is 0 Å². The summed E-state index contributed by atoms with van der Waals surface area (Å²) >= 11 is 0. The molecule has 0 aromatic carbocycles. The summed E-state index contributed by atoms with van der Waals surface area (Å²) in [6.07, 6.45) is 2.13. The summed E-state index contributed by atoms with van der Waals surface area (Å²) < 4.78 is 0. The molecule has 3 N–H and O–H groups in total. The molecule has 35 valence electrons. The maximum Gasteiger partial charge on any atom is 0.0296 e. The number of nitrogens with two attached hydrogens (primary N) is 1. The van der Waals surface area contributed by atoms with Gasteiger partial charge >= 0.3 is 0 Å². The number of hydrogen-bond acceptors (Lipinski definition) is 1. The van der Waals surface area contributed by atoms with Crippen molar-refractivity contribution < 1.29 is 0 Å². The molecular weight excluding hydrogens is 76.1 g/mol. The number of nitrogens with one attached hydrogen (secondary N) is 1. The molecule has 1 aliphatic rings. The van der Waals surface area contributed by atoms with Gasteiger partial charge in [0.15, 0.2) is 0 Å². The molecule has 0 aromatic rings. The molecule has 0 aromatic heterocycles. The van der Waals surface area contributed by atoms with E-state index in [4.69, 9.17) is 11.5 Å². The third-order valence-corrected chi connectivity index (χ3v) is 1.24. The fourth-order valence-electron chi connectivity index (χ4n) is 0.337. The highest BCUT2D eigenvalue weighted by Gasteiger charge is 2.36. The van der Waals surface area contributed by atoms with Gasteiger partial charge in [-0.2, -0.15) is 0 Å². The Labute approximate surface area is 37.5 Å². The molecule has 1 rings (SSSR count). The van der Waals surface area contributed by atoms with Crippen molar-refractivity contribution in [2.24, 2.45) is 5.73 Å². The van der Waals surface area contributed by atoms with E-state index in [9.17, 15) is 0 Å². The van der Waals surface area contributed by atoms with Crippen molar-refractivity contribution in [2.45, 2.75) is 18.4 Å². The summed E-state index contributed by atoms with van der Waals surface area (Å²) in [4.78, 5) is 0. The predicted molar refractivity (Wildman–Crippen MR) is 24.1 cm³/mol. The fourth-order valence-corrected chi connectivity index (χ4v) is 0.337. The first-order chi connectivity index (χ1) is 2.77. The van der Waals surface area contributed by atoms with E-state index in [0.717, 1.165) is 12.8 Å². The molecule has 1 saturated carbocycles. The minimum atomic E-state index is -0.0417. The van der Waals surface area contributed by atoms with Gasteiger partial charge in [-0.15, -0.1) is 0 Å². The fraction of sp³-hybridized carbons (Fsp3) is 1.00. The monoisotopic (exact) mass is 85.1 g/mol. The Morgan fingerprint density at radius 2 is 2.17 bits per heavy atom. The molecule has 0 atom stereocenters. The van der Waals surface area contributed by atoms with E-state index in [1.54, 1.807) is 0 Å². The summed E-state index contributed by atoms with van der Waals surface area (Å²) in [5.41, 5.74) is 12.2. The summed E-state index contributed by atoms with van der Waals surface area (Å²) in [5.74, 6) is 0. The predicted octanol–water partition coefficient (Wildman–Crippen LogP) is -0.239. The van der Waals surface area contributed by atoms with Crippen molar-refractivity contribution in [1.82, 2.24) is 5.73 Å². The van der Waals surface area contributed by atoms with Gasteiger partial charge < -0.3 is 5.73 Å². The van der Waals surface area contributed by atoms with Crippen molar-refractivity contribution >= 4 is 0 Å². The lowest BCUT2D eigenvalue weighted by Crippen LogP contribution is -2.26. The van der Waals surface area contributed by atoms with Gasteiger partial charge in [0, 0.05) is 12.1 Å². The molecule has 0 bridgehead atoms. The second kappa shape index (κ2) is 0.950. The standard InChI is InChI=1S/C4H9N2/c5-3-4(6)1-2-4/h5H,1-3,6H2. The van der Waals surface area contributed by atoms with E-state index in [0.29, 0.717) is 6.54 Å². The summed E-state index contributed by atoms with van der Waals surface area (Å²) in [6.45, 7) is 0.410. The van der Waals surface area contributed by atoms with Crippen LogP contribution in [0.3, 0.4) is 0 Å². The zero-order chi connectivity index (χ0) is 4.62. The van der Waals surface area contributed by atoms with Crippen LogP contribution in [0.25, 0.3) is 0 Å². The molecule has 1 aliphatic carbocycles. The zero-order valence-electron chi connectivity index (χ0n) is 3.70. The molecular formula is C4H9N2. The number of rotatable bonds is 1. The highest BCUT2D eigenvalue weighted by molar-refractivity contribution is 4.98. The number of hydrogen-bond donors (Lipinski definition) is 1. The van der Waals surface area contributed by atoms with E-state index in [2.05, 4.69) is 0 Å². The van der Waals surface area contributed by atoms with Gasteiger partial charge in [0.2, 0.25) is 0 Å². The first-order valence-electron chi connectivity index (χ1n) is 2.20. The lowest BCUT2D eigenvalue weighted by molar-refractivity contribution is 0.676.